The van der Waals surface area contributed by atoms with Gasteiger partial charge >= 0.3 is 11.9 Å². The third kappa shape index (κ3) is 4.06. The second-order valence-electron chi connectivity index (χ2n) is 3.17. The zero-order valence-corrected chi connectivity index (χ0v) is 9.67. The van der Waals surface area contributed by atoms with Crippen LogP contribution in [0.15, 0.2) is 30.0 Å². The normalized spacial score (nSPS) is 10.8. The second-order valence-corrected chi connectivity index (χ2v) is 3.17. The summed E-state index contributed by atoms with van der Waals surface area (Å²) in [5.74, 6) is -1.07. The van der Waals surface area contributed by atoms with E-state index >= 15 is 0 Å². The van der Waals surface area contributed by atoms with Gasteiger partial charge in [0.15, 0.2) is 0 Å². The molecule has 5 nitrogen and oxygen atoms in total. The van der Waals surface area contributed by atoms with Crippen LogP contribution >= 0.6 is 0 Å². The highest BCUT2D eigenvalue weighted by Crippen LogP contribution is 2.10. The zero-order valence-electron chi connectivity index (χ0n) is 9.67. The first kappa shape index (κ1) is 12.9. The highest BCUT2D eigenvalue weighted by atomic mass is 16.5. The van der Waals surface area contributed by atoms with Crippen LogP contribution in [0.5, 0.6) is 0 Å². The maximum atomic E-state index is 11.4. The quantitative estimate of drug-likeness (QED) is 0.579. The molecule has 0 amide bonds. The molecule has 17 heavy (non-hydrogen) atoms. The maximum Gasteiger partial charge on any atom is 0.334 e. The molecule has 1 aromatic rings. The molecule has 0 fully saturated rings. The zero-order chi connectivity index (χ0) is 12.7. The molecule has 5 heteroatoms. The number of methoxy groups -OCH3 is 2. The molecule has 1 heterocycles. The highest BCUT2D eigenvalue weighted by Gasteiger charge is 2.14. The van der Waals surface area contributed by atoms with Crippen LogP contribution in [0, 0.1) is 0 Å². The van der Waals surface area contributed by atoms with Gasteiger partial charge in [-0.3, -0.25) is 9.78 Å². The lowest BCUT2D eigenvalue weighted by atomic mass is 10.1. The Morgan fingerprint density at radius 2 is 2.06 bits per heavy atom. The average Bonchev–Trinajstić information content (AvgIpc) is 2.38. The Balaban J connectivity index is 2.94. The first-order valence-corrected chi connectivity index (χ1v) is 4.94. The molecule has 0 aliphatic carbocycles. The lowest BCUT2D eigenvalue weighted by Crippen LogP contribution is -2.11. The molecule has 1 rings (SSSR count). The van der Waals surface area contributed by atoms with Gasteiger partial charge in [-0.05, 0) is 18.2 Å². The largest absolute Gasteiger partial charge is 0.469 e. The summed E-state index contributed by atoms with van der Waals surface area (Å²) < 4.78 is 9.09. The fourth-order valence-electron chi connectivity index (χ4n) is 1.18. The Hall–Kier alpha value is -2.17. The number of nitrogens with zero attached hydrogens (tertiary/aromatic N) is 1. The number of rotatable bonds is 4. The molecule has 0 spiro atoms. The van der Waals surface area contributed by atoms with E-state index in [1.807, 2.05) is 0 Å². The summed E-state index contributed by atoms with van der Waals surface area (Å²) in [4.78, 5) is 26.6. The van der Waals surface area contributed by atoms with Crippen molar-refractivity contribution in [3.05, 3.63) is 35.7 Å². The maximum absolute atomic E-state index is 11.4. The highest BCUT2D eigenvalue weighted by molar-refractivity contribution is 5.97. The Morgan fingerprint density at radius 1 is 1.29 bits per heavy atom. The summed E-state index contributed by atoms with van der Waals surface area (Å²) in [6.45, 7) is 0. The van der Waals surface area contributed by atoms with Crippen LogP contribution in [-0.2, 0) is 19.1 Å². The van der Waals surface area contributed by atoms with Crippen LogP contribution in [0.25, 0.3) is 6.08 Å². The average molecular weight is 235 g/mol. The lowest BCUT2D eigenvalue weighted by molar-refractivity contribution is -0.143. The van der Waals surface area contributed by atoms with Gasteiger partial charge < -0.3 is 9.47 Å². The van der Waals surface area contributed by atoms with Crippen molar-refractivity contribution in [2.75, 3.05) is 14.2 Å². The number of carbonyl (C=O) groups excluding carboxylic acids is 2. The van der Waals surface area contributed by atoms with Crippen LogP contribution in [0.3, 0.4) is 0 Å². The fourth-order valence-corrected chi connectivity index (χ4v) is 1.18. The molecule has 0 saturated heterocycles. The van der Waals surface area contributed by atoms with Crippen molar-refractivity contribution in [2.24, 2.45) is 0 Å². The van der Waals surface area contributed by atoms with Crippen LogP contribution in [0.2, 0.25) is 0 Å². The van der Waals surface area contributed by atoms with Gasteiger partial charge in [0.2, 0.25) is 0 Å². The number of aromatic nitrogens is 1. The molecule has 90 valence electrons. The van der Waals surface area contributed by atoms with Crippen LogP contribution in [0.4, 0.5) is 0 Å². The smallest absolute Gasteiger partial charge is 0.334 e. The predicted octanol–water partition coefficient (Wildman–Crippen LogP) is 1.20. The van der Waals surface area contributed by atoms with E-state index in [1.165, 1.54) is 20.3 Å². The molecule has 0 N–H and O–H groups in total. The second kappa shape index (κ2) is 6.42. The van der Waals surface area contributed by atoms with Gasteiger partial charge in [0, 0.05) is 6.20 Å². The molecule has 0 saturated carbocycles. The lowest BCUT2D eigenvalue weighted by Gasteiger charge is -2.04. The summed E-state index contributed by atoms with van der Waals surface area (Å²) in [6, 6.07) is 5.27. The Bertz CT molecular complexity index is 425. The van der Waals surface area contributed by atoms with E-state index in [0.29, 0.717) is 5.69 Å². The van der Waals surface area contributed by atoms with E-state index in [1.54, 1.807) is 24.4 Å². The number of esters is 2. The van der Waals surface area contributed by atoms with Gasteiger partial charge in [-0.2, -0.15) is 0 Å². The van der Waals surface area contributed by atoms with Crippen molar-refractivity contribution in [1.29, 1.82) is 0 Å². The molecule has 0 atom stereocenters. The minimum atomic E-state index is -0.568. The molecule has 0 aromatic carbocycles. The molecule has 0 aliphatic rings. The van der Waals surface area contributed by atoms with Gasteiger partial charge in [-0.1, -0.05) is 6.07 Å². The van der Waals surface area contributed by atoms with Crippen LogP contribution in [0.1, 0.15) is 12.1 Å². The topological polar surface area (TPSA) is 65.5 Å². The van der Waals surface area contributed by atoms with Crippen molar-refractivity contribution in [1.82, 2.24) is 4.98 Å². The molecule has 0 bridgehead atoms. The first-order chi connectivity index (χ1) is 8.17. The van der Waals surface area contributed by atoms with E-state index in [4.69, 9.17) is 0 Å². The minimum absolute atomic E-state index is 0.139. The SMILES string of the molecule is COC(=O)CC(=Cc1ccccn1)C(=O)OC. The Morgan fingerprint density at radius 3 is 2.59 bits per heavy atom. The summed E-state index contributed by atoms with van der Waals surface area (Å²) >= 11 is 0. The van der Waals surface area contributed by atoms with Gasteiger partial charge in [-0.15, -0.1) is 0 Å². The van der Waals surface area contributed by atoms with E-state index in [2.05, 4.69) is 14.5 Å². The van der Waals surface area contributed by atoms with E-state index in [-0.39, 0.29) is 12.0 Å². The molecule has 0 unspecified atom stereocenters. The van der Waals surface area contributed by atoms with Crippen molar-refractivity contribution in [2.45, 2.75) is 6.42 Å². The number of hydrogen-bond donors (Lipinski definition) is 0. The van der Waals surface area contributed by atoms with Gasteiger partial charge in [-0.25, -0.2) is 4.79 Å². The van der Waals surface area contributed by atoms with E-state index < -0.39 is 11.9 Å². The minimum Gasteiger partial charge on any atom is -0.469 e. The summed E-state index contributed by atoms with van der Waals surface area (Å²) in [5.41, 5.74) is 0.787. The van der Waals surface area contributed by atoms with Crippen molar-refractivity contribution < 1.29 is 19.1 Å². The summed E-state index contributed by atoms with van der Waals surface area (Å²) in [6.07, 6.45) is 2.96. The third-order valence-corrected chi connectivity index (χ3v) is 2.02. The van der Waals surface area contributed by atoms with Crippen molar-refractivity contribution in [3.8, 4) is 0 Å². The molecule has 1 aromatic heterocycles. The van der Waals surface area contributed by atoms with Crippen molar-refractivity contribution >= 4 is 18.0 Å². The first-order valence-electron chi connectivity index (χ1n) is 4.94. The van der Waals surface area contributed by atoms with Gasteiger partial charge in [0.05, 0.1) is 31.9 Å². The van der Waals surface area contributed by atoms with E-state index in [0.717, 1.165) is 0 Å². The summed E-state index contributed by atoms with van der Waals surface area (Å²) in [7, 11) is 2.52. The fraction of sp³-hybridized carbons (Fsp3) is 0.250. The third-order valence-electron chi connectivity index (χ3n) is 2.02. The molecule has 0 radical (unpaired) electrons. The van der Waals surface area contributed by atoms with Crippen molar-refractivity contribution in [3.63, 3.8) is 0 Å². The Kier molecular flexibility index (Phi) is 4.87. The molecular formula is C12H13NO4. The predicted molar refractivity (Wildman–Crippen MR) is 60.9 cm³/mol. The number of ether oxygens (including phenoxy) is 2. The van der Waals surface area contributed by atoms with Gasteiger partial charge in [0.25, 0.3) is 0 Å². The van der Waals surface area contributed by atoms with Crippen LogP contribution < -0.4 is 0 Å². The number of pyridine rings is 1. The van der Waals surface area contributed by atoms with E-state index in [9.17, 15) is 9.59 Å². The molecule has 0 aliphatic heterocycles. The monoisotopic (exact) mass is 235 g/mol. The summed E-state index contributed by atoms with van der Waals surface area (Å²) in [5, 5.41) is 0. The number of carbonyl (C=O) groups is 2. The number of hydrogen-bond acceptors (Lipinski definition) is 5. The Labute approximate surface area is 99.1 Å². The standard InChI is InChI=1S/C12H13NO4/c1-16-11(14)8-9(12(15)17-2)7-10-5-3-4-6-13-10/h3-7H,8H2,1-2H3. The van der Waals surface area contributed by atoms with Crippen LogP contribution in [-0.4, -0.2) is 31.1 Å². The van der Waals surface area contributed by atoms with Gasteiger partial charge in [0.1, 0.15) is 0 Å². The molecular weight excluding hydrogens is 222 g/mol.